The molecule has 0 fully saturated rings. The lowest BCUT2D eigenvalue weighted by molar-refractivity contribution is -0.113. The molecule has 3 aromatic carbocycles. The first kappa shape index (κ1) is 20.3. The minimum Gasteiger partial charge on any atom is -0.323 e. The highest BCUT2D eigenvalue weighted by molar-refractivity contribution is 9.10. The van der Waals surface area contributed by atoms with Gasteiger partial charge in [-0.25, -0.2) is 4.39 Å². The van der Waals surface area contributed by atoms with E-state index in [0.29, 0.717) is 15.5 Å². The maximum atomic E-state index is 14.0. The molecule has 1 heterocycles. The molecule has 1 amide bonds. The van der Waals surface area contributed by atoms with E-state index in [2.05, 4.69) is 31.4 Å². The average Bonchev–Trinajstić information content (AvgIpc) is 3.19. The zero-order valence-corrected chi connectivity index (χ0v) is 18.0. The van der Waals surface area contributed by atoms with Gasteiger partial charge in [-0.3, -0.25) is 9.36 Å². The van der Waals surface area contributed by atoms with Crippen molar-refractivity contribution in [1.82, 2.24) is 14.8 Å². The van der Waals surface area contributed by atoms with Gasteiger partial charge in [0.05, 0.1) is 11.4 Å². The topological polar surface area (TPSA) is 59.8 Å². The van der Waals surface area contributed by atoms with Crippen LogP contribution in [0.15, 0.2) is 88.5 Å². The summed E-state index contributed by atoms with van der Waals surface area (Å²) >= 11 is 4.44. The molecule has 4 rings (SSSR count). The van der Waals surface area contributed by atoms with E-state index in [1.807, 2.05) is 65.2 Å². The molecule has 1 N–H and O–H groups in total. The van der Waals surface area contributed by atoms with Crippen LogP contribution >= 0.6 is 27.7 Å². The van der Waals surface area contributed by atoms with Gasteiger partial charge in [0.15, 0.2) is 11.0 Å². The molecule has 1 aromatic heterocycles. The third kappa shape index (κ3) is 4.60. The van der Waals surface area contributed by atoms with Crippen molar-refractivity contribution in [3.63, 3.8) is 0 Å². The van der Waals surface area contributed by atoms with Gasteiger partial charge in [-0.1, -0.05) is 76.2 Å². The highest BCUT2D eigenvalue weighted by atomic mass is 79.9. The summed E-state index contributed by atoms with van der Waals surface area (Å²) in [5, 5.41) is 11.8. The van der Waals surface area contributed by atoms with Gasteiger partial charge in [0.2, 0.25) is 5.91 Å². The minimum absolute atomic E-state index is 0.0647. The Bertz CT molecular complexity index is 1170. The summed E-state index contributed by atoms with van der Waals surface area (Å²) in [6.07, 6.45) is 0. The number of carbonyl (C=O) groups is 1. The molecule has 0 atom stereocenters. The summed E-state index contributed by atoms with van der Waals surface area (Å²) in [4.78, 5) is 12.4. The van der Waals surface area contributed by atoms with Crippen LogP contribution < -0.4 is 5.32 Å². The van der Waals surface area contributed by atoms with E-state index in [1.165, 1.54) is 23.9 Å². The molecule has 0 aliphatic heterocycles. The summed E-state index contributed by atoms with van der Waals surface area (Å²) in [5.74, 6) is -0.0785. The van der Waals surface area contributed by atoms with E-state index in [9.17, 15) is 9.18 Å². The molecule has 0 aliphatic rings. The van der Waals surface area contributed by atoms with E-state index < -0.39 is 5.82 Å². The van der Waals surface area contributed by atoms with E-state index in [0.717, 1.165) is 11.3 Å². The third-order valence-corrected chi connectivity index (χ3v) is 5.64. The van der Waals surface area contributed by atoms with Crippen molar-refractivity contribution in [2.75, 3.05) is 11.1 Å². The number of nitrogens with one attached hydrogen (secondary N) is 1. The molecule has 0 aliphatic carbocycles. The van der Waals surface area contributed by atoms with E-state index in [4.69, 9.17) is 0 Å². The maximum Gasteiger partial charge on any atom is 0.234 e. The zero-order valence-electron chi connectivity index (χ0n) is 15.6. The number of halogens is 2. The second kappa shape index (κ2) is 9.23. The Hall–Kier alpha value is -2.97. The van der Waals surface area contributed by atoms with Gasteiger partial charge in [0, 0.05) is 15.7 Å². The molecular weight excluding hydrogens is 467 g/mol. The normalized spacial score (nSPS) is 10.7. The van der Waals surface area contributed by atoms with Crippen LogP contribution in [0.1, 0.15) is 0 Å². The Morgan fingerprint density at radius 3 is 2.40 bits per heavy atom. The monoisotopic (exact) mass is 482 g/mol. The Kier molecular flexibility index (Phi) is 6.25. The van der Waals surface area contributed by atoms with Crippen LogP contribution in [0.25, 0.3) is 17.1 Å². The molecule has 8 heteroatoms. The molecule has 0 unspecified atom stereocenters. The molecule has 0 spiro atoms. The molecule has 0 saturated carbocycles. The Balaban J connectivity index is 1.57. The lowest BCUT2D eigenvalue weighted by atomic mass is 10.2. The molecule has 30 heavy (non-hydrogen) atoms. The fraction of sp³-hybridized carbons (Fsp3) is 0.0455. The minimum atomic E-state index is -0.499. The summed E-state index contributed by atoms with van der Waals surface area (Å²) < 4.78 is 16.5. The van der Waals surface area contributed by atoms with Crippen molar-refractivity contribution in [3.05, 3.63) is 89.2 Å². The number of para-hydroxylation sites is 1. The number of thioether (sulfide) groups is 1. The molecule has 150 valence electrons. The second-order valence-electron chi connectivity index (χ2n) is 6.30. The first-order valence-corrected chi connectivity index (χ1v) is 10.8. The van der Waals surface area contributed by atoms with Crippen LogP contribution in [0.3, 0.4) is 0 Å². The summed E-state index contributed by atoms with van der Waals surface area (Å²) in [6, 6.07) is 23.9. The number of nitrogens with zero attached hydrogens (tertiary/aromatic N) is 3. The largest absolute Gasteiger partial charge is 0.323 e. The van der Waals surface area contributed by atoms with E-state index >= 15 is 0 Å². The predicted octanol–water partition coefficient (Wildman–Crippen LogP) is 5.57. The second-order valence-corrected chi connectivity index (χ2v) is 8.16. The van der Waals surface area contributed by atoms with Crippen LogP contribution in [-0.2, 0) is 4.79 Å². The quantitative estimate of drug-likeness (QED) is 0.365. The van der Waals surface area contributed by atoms with Crippen LogP contribution in [-0.4, -0.2) is 26.4 Å². The van der Waals surface area contributed by atoms with Gasteiger partial charge in [-0.05, 0) is 30.3 Å². The van der Waals surface area contributed by atoms with E-state index in [-0.39, 0.29) is 17.3 Å². The molecular formula is C22H16BrFN4OS. The lowest BCUT2D eigenvalue weighted by Crippen LogP contribution is -2.15. The summed E-state index contributed by atoms with van der Waals surface area (Å²) in [7, 11) is 0. The van der Waals surface area contributed by atoms with Crippen molar-refractivity contribution in [1.29, 1.82) is 0 Å². The lowest BCUT2D eigenvalue weighted by Gasteiger charge is -2.10. The maximum absolute atomic E-state index is 14.0. The number of rotatable bonds is 6. The standard InChI is InChI=1S/C22H16BrFN4OS/c23-16-11-12-19(18(24)13-16)25-20(29)14-30-22-27-26-21(15-7-3-1-4-8-15)28(22)17-9-5-2-6-10-17/h1-13H,14H2,(H,25,29). The van der Waals surface area contributed by atoms with Crippen molar-refractivity contribution in [2.24, 2.45) is 0 Å². The Morgan fingerprint density at radius 2 is 1.70 bits per heavy atom. The fourth-order valence-corrected chi connectivity index (χ4v) is 3.94. The van der Waals surface area contributed by atoms with Gasteiger partial charge in [-0.2, -0.15) is 0 Å². The van der Waals surface area contributed by atoms with Crippen LogP contribution in [0.4, 0.5) is 10.1 Å². The SMILES string of the molecule is O=C(CSc1nnc(-c2ccccc2)n1-c1ccccc1)Nc1ccc(Br)cc1F. The first-order valence-electron chi connectivity index (χ1n) is 9.06. The molecule has 0 bridgehead atoms. The smallest absolute Gasteiger partial charge is 0.234 e. The Morgan fingerprint density at radius 1 is 1.00 bits per heavy atom. The van der Waals surface area contributed by atoms with Crippen molar-refractivity contribution in [2.45, 2.75) is 5.16 Å². The number of benzene rings is 3. The van der Waals surface area contributed by atoms with Crippen molar-refractivity contribution < 1.29 is 9.18 Å². The number of aromatic nitrogens is 3. The van der Waals surface area contributed by atoms with Crippen molar-refractivity contribution in [3.8, 4) is 17.1 Å². The van der Waals surface area contributed by atoms with Crippen LogP contribution in [0.5, 0.6) is 0 Å². The first-order chi connectivity index (χ1) is 14.6. The molecule has 0 radical (unpaired) electrons. The number of hydrogen-bond acceptors (Lipinski definition) is 4. The summed E-state index contributed by atoms with van der Waals surface area (Å²) in [5.41, 5.74) is 1.95. The van der Waals surface area contributed by atoms with Gasteiger partial charge in [-0.15, -0.1) is 10.2 Å². The highest BCUT2D eigenvalue weighted by Crippen LogP contribution is 2.28. The summed E-state index contributed by atoms with van der Waals surface area (Å²) in [6.45, 7) is 0. The number of amides is 1. The van der Waals surface area contributed by atoms with Gasteiger partial charge >= 0.3 is 0 Å². The molecule has 5 nitrogen and oxygen atoms in total. The van der Waals surface area contributed by atoms with Gasteiger partial charge < -0.3 is 5.32 Å². The van der Waals surface area contributed by atoms with Gasteiger partial charge in [0.25, 0.3) is 0 Å². The third-order valence-electron chi connectivity index (χ3n) is 4.22. The zero-order chi connectivity index (χ0) is 20.9. The fourth-order valence-electron chi connectivity index (χ4n) is 2.85. The average molecular weight is 483 g/mol. The number of hydrogen-bond donors (Lipinski definition) is 1. The van der Waals surface area contributed by atoms with E-state index in [1.54, 1.807) is 6.07 Å². The molecule has 0 saturated heterocycles. The van der Waals surface area contributed by atoms with Crippen LogP contribution in [0, 0.1) is 5.82 Å². The highest BCUT2D eigenvalue weighted by Gasteiger charge is 2.17. The van der Waals surface area contributed by atoms with Crippen LogP contribution in [0.2, 0.25) is 0 Å². The molecule has 4 aromatic rings. The number of anilines is 1. The Labute approximate surface area is 185 Å². The van der Waals surface area contributed by atoms with Gasteiger partial charge in [0.1, 0.15) is 5.82 Å². The predicted molar refractivity (Wildman–Crippen MR) is 120 cm³/mol. The van der Waals surface area contributed by atoms with Crippen molar-refractivity contribution >= 4 is 39.3 Å². The number of carbonyl (C=O) groups excluding carboxylic acids is 1.